The first-order valence-corrected chi connectivity index (χ1v) is 10.6. The first-order valence-electron chi connectivity index (χ1n) is 10.6. The molecule has 1 aromatic rings. The summed E-state index contributed by atoms with van der Waals surface area (Å²) in [6.45, 7) is 6.10. The molecule has 0 bridgehead atoms. The van der Waals surface area contributed by atoms with Crippen LogP contribution in [0, 0.1) is 11.2 Å². The number of guanidine groups is 1. The lowest BCUT2D eigenvalue weighted by atomic mass is 9.83. The summed E-state index contributed by atoms with van der Waals surface area (Å²) in [5.41, 5.74) is 0.311. The molecule has 29 heavy (non-hydrogen) atoms. The largest absolute Gasteiger partial charge is 0.382 e. The summed E-state index contributed by atoms with van der Waals surface area (Å²) in [5.74, 6) is 1.01. The number of ether oxygens (including phenoxy) is 1. The molecule has 1 aromatic heterocycles. The highest BCUT2D eigenvalue weighted by atomic mass is 127. The van der Waals surface area contributed by atoms with Crippen molar-refractivity contribution in [2.45, 2.75) is 51.5 Å². The second-order valence-electron chi connectivity index (χ2n) is 7.96. The number of hydrogen-bond acceptors (Lipinski definition) is 4. The maximum absolute atomic E-state index is 14.0. The van der Waals surface area contributed by atoms with Crippen molar-refractivity contribution in [1.29, 1.82) is 0 Å². The van der Waals surface area contributed by atoms with Crippen molar-refractivity contribution in [1.82, 2.24) is 15.6 Å². The van der Waals surface area contributed by atoms with E-state index in [-0.39, 0.29) is 35.8 Å². The second-order valence-corrected chi connectivity index (χ2v) is 7.96. The third kappa shape index (κ3) is 6.67. The zero-order valence-corrected chi connectivity index (χ0v) is 20.0. The monoisotopic (exact) mass is 519 g/mol. The molecule has 2 N–H and O–H groups in total. The lowest BCUT2D eigenvalue weighted by molar-refractivity contribution is 0.105. The van der Waals surface area contributed by atoms with Crippen LogP contribution in [0.15, 0.2) is 23.3 Å². The standard InChI is InChI=1S/C21H34FN5O.HI/c1-3-28-14-11-21(9-4-5-10-21)16-25-20(23-2)26-17-8-13-27(15-17)19-18(22)7-6-12-24-19;/h6-7,12,17H,3-5,8-11,13-16H2,1-2H3,(H2,23,25,26);1H. The molecular weight excluding hydrogens is 484 g/mol. The fourth-order valence-corrected chi connectivity index (χ4v) is 4.41. The van der Waals surface area contributed by atoms with Crippen LogP contribution >= 0.6 is 24.0 Å². The summed E-state index contributed by atoms with van der Waals surface area (Å²) in [6, 6.07) is 3.32. The first-order chi connectivity index (χ1) is 13.7. The van der Waals surface area contributed by atoms with Crippen LogP contribution < -0.4 is 15.5 Å². The van der Waals surface area contributed by atoms with E-state index in [0.29, 0.717) is 11.2 Å². The smallest absolute Gasteiger partial charge is 0.191 e. The predicted molar refractivity (Wildman–Crippen MR) is 127 cm³/mol. The highest BCUT2D eigenvalue weighted by molar-refractivity contribution is 14.0. The molecule has 164 valence electrons. The number of hydrogen-bond donors (Lipinski definition) is 2. The van der Waals surface area contributed by atoms with Crippen LogP contribution in [0.1, 0.15) is 45.4 Å². The molecule has 1 atom stereocenters. The Bertz CT molecular complexity index is 654. The van der Waals surface area contributed by atoms with Gasteiger partial charge in [-0.3, -0.25) is 4.99 Å². The van der Waals surface area contributed by atoms with Crippen molar-refractivity contribution in [3.8, 4) is 0 Å². The maximum atomic E-state index is 14.0. The zero-order valence-electron chi connectivity index (χ0n) is 17.6. The van der Waals surface area contributed by atoms with E-state index in [1.54, 1.807) is 12.3 Å². The van der Waals surface area contributed by atoms with Gasteiger partial charge in [-0.05, 0) is 50.2 Å². The molecule has 8 heteroatoms. The average Bonchev–Trinajstić information content (AvgIpc) is 3.36. The van der Waals surface area contributed by atoms with Gasteiger partial charge in [-0.2, -0.15) is 0 Å². The summed E-state index contributed by atoms with van der Waals surface area (Å²) in [6.07, 6.45) is 8.77. The summed E-state index contributed by atoms with van der Waals surface area (Å²) < 4.78 is 19.6. The minimum Gasteiger partial charge on any atom is -0.382 e. The van der Waals surface area contributed by atoms with Crippen LogP contribution in [0.5, 0.6) is 0 Å². The van der Waals surface area contributed by atoms with Crippen LogP contribution in [0.25, 0.3) is 0 Å². The topological polar surface area (TPSA) is 61.8 Å². The summed E-state index contributed by atoms with van der Waals surface area (Å²) in [7, 11) is 1.81. The Morgan fingerprint density at radius 2 is 2.21 bits per heavy atom. The van der Waals surface area contributed by atoms with E-state index in [1.165, 1.54) is 31.7 Å². The molecular formula is C21H35FIN5O. The number of pyridine rings is 1. The molecule has 1 aliphatic heterocycles. The molecule has 2 fully saturated rings. The quantitative estimate of drug-likeness (QED) is 0.238. The van der Waals surface area contributed by atoms with E-state index in [0.717, 1.165) is 51.6 Å². The molecule has 2 heterocycles. The number of rotatable bonds is 8. The Labute approximate surface area is 191 Å². The van der Waals surface area contributed by atoms with Crippen molar-refractivity contribution in [3.05, 3.63) is 24.1 Å². The molecule has 1 unspecified atom stereocenters. The molecule has 1 saturated carbocycles. The van der Waals surface area contributed by atoms with E-state index in [4.69, 9.17) is 4.74 Å². The fourth-order valence-electron chi connectivity index (χ4n) is 4.41. The van der Waals surface area contributed by atoms with Crippen molar-refractivity contribution in [3.63, 3.8) is 0 Å². The minimum atomic E-state index is -0.261. The Hall–Kier alpha value is -1.16. The van der Waals surface area contributed by atoms with Gasteiger partial charge in [0.2, 0.25) is 0 Å². The van der Waals surface area contributed by atoms with Gasteiger partial charge in [0.25, 0.3) is 0 Å². The molecule has 6 nitrogen and oxygen atoms in total. The van der Waals surface area contributed by atoms with Crippen molar-refractivity contribution < 1.29 is 9.13 Å². The van der Waals surface area contributed by atoms with Gasteiger partial charge in [0.05, 0.1) is 0 Å². The first kappa shape index (κ1) is 24.1. The molecule has 3 rings (SSSR count). The van der Waals surface area contributed by atoms with Gasteiger partial charge in [-0.25, -0.2) is 9.37 Å². The van der Waals surface area contributed by atoms with Crippen LogP contribution in [-0.4, -0.2) is 56.9 Å². The Morgan fingerprint density at radius 1 is 1.41 bits per heavy atom. The Balaban J connectivity index is 0.00000300. The van der Waals surface area contributed by atoms with Gasteiger partial charge < -0.3 is 20.3 Å². The van der Waals surface area contributed by atoms with Crippen LogP contribution in [0.3, 0.4) is 0 Å². The lowest BCUT2D eigenvalue weighted by Crippen LogP contribution is -2.47. The van der Waals surface area contributed by atoms with Crippen LogP contribution in [-0.2, 0) is 4.74 Å². The second kappa shape index (κ2) is 11.9. The number of aromatic nitrogens is 1. The van der Waals surface area contributed by atoms with E-state index >= 15 is 0 Å². The van der Waals surface area contributed by atoms with Gasteiger partial charge in [-0.1, -0.05) is 12.8 Å². The number of anilines is 1. The Morgan fingerprint density at radius 3 is 2.90 bits per heavy atom. The van der Waals surface area contributed by atoms with Crippen molar-refractivity contribution >= 4 is 35.8 Å². The molecule has 1 aliphatic carbocycles. The van der Waals surface area contributed by atoms with Crippen LogP contribution in [0.4, 0.5) is 10.2 Å². The number of nitrogens with one attached hydrogen (secondary N) is 2. The van der Waals surface area contributed by atoms with E-state index in [2.05, 4.69) is 20.6 Å². The Kier molecular flexibility index (Phi) is 9.88. The van der Waals surface area contributed by atoms with Gasteiger partial charge in [0, 0.05) is 52.1 Å². The average molecular weight is 519 g/mol. The van der Waals surface area contributed by atoms with Gasteiger partial charge >= 0.3 is 0 Å². The maximum Gasteiger partial charge on any atom is 0.191 e. The van der Waals surface area contributed by atoms with Crippen molar-refractivity contribution in [2.24, 2.45) is 10.4 Å². The fraction of sp³-hybridized carbons (Fsp3) is 0.714. The number of halogens is 2. The lowest BCUT2D eigenvalue weighted by Gasteiger charge is -2.30. The van der Waals surface area contributed by atoms with E-state index in [9.17, 15) is 4.39 Å². The molecule has 2 aliphatic rings. The third-order valence-corrected chi connectivity index (χ3v) is 6.07. The van der Waals surface area contributed by atoms with Gasteiger partial charge in [0.1, 0.15) is 0 Å². The van der Waals surface area contributed by atoms with Gasteiger partial charge in [0.15, 0.2) is 17.6 Å². The molecule has 0 amide bonds. The molecule has 0 aromatic carbocycles. The molecule has 0 radical (unpaired) electrons. The van der Waals surface area contributed by atoms with Crippen LogP contribution in [0.2, 0.25) is 0 Å². The van der Waals surface area contributed by atoms with E-state index in [1.807, 2.05) is 18.9 Å². The third-order valence-electron chi connectivity index (χ3n) is 6.07. The number of aliphatic imine (C=N–C) groups is 1. The van der Waals surface area contributed by atoms with E-state index < -0.39 is 0 Å². The normalized spacial score (nSPS) is 21.1. The molecule has 0 spiro atoms. The van der Waals surface area contributed by atoms with Crippen molar-refractivity contribution in [2.75, 3.05) is 44.8 Å². The zero-order chi connectivity index (χ0) is 19.8. The highest BCUT2D eigenvalue weighted by Crippen LogP contribution is 2.40. The minimum absolute atomic E-state index is 0. The van der Waals surface area contributed by atoms with Gasteiger partial charge in [-0.15, -0.1) is 24.0 Å². The highest BCUT2D eigenvalue weighted by Gasteiger charge is 2.34. The summed E-state index contributed by atoms with van der Waals surface area (Å²) >= 11 is 0. The summed E-state index contributed by atoms with van der Waals surface area (Å²) in [5, 5.41) is 7.06. The SMILES string of the molecule is CCOCCC1(CNC(=NC)NC2CCN(c3ncccc3F)C2)CCCC1.I. The summed E-state index contributed by atoms with van der Waals surface area (Å²) in [4.78, 5) is 10.6. The predicted octanol–water partition coefficient (Wildman–Crippen LogP) is 3.57. The molecule has 1 saturated heterocycles. The number of nitrogens with zero attached hydrogens (tertiary/aromatic N) is 3.